The Morgan fingerprint density at radius 2 is 2.00 bits per heavy atom. The number of nitrogens with zero attached hydrogens (tertiary/aromatic N) is 1. The van der Waals surface area contributed by atoms with E-state index in [-0.39, 0.29) is 28.9 Å². The molecule has 4 rings (SSSR count). The maximum atomic E-state index is 14.1. The van der Waals surface area contributed by atoms with Crippen molar-refractivity contribution >= 4 is 16.8 Å². The molecule has 1 saturated heterocycles. The van der Waals surface area contributed by atoms with Gasteiger partial charge in [-0.25, -0.2) is 4.39 Å². The quantitative estimate of drug-likeness (QED) is 0.900. The van der Waals surface area contributed by atoms with Crippen LogP contribution in [0.15, 0.2) is 10.6 Å². The van der Waals surface area contributed by atoms with Gasteiger partial charge in [0.1, 0.15) is 0 Å². The fourth-order valence-corrected chi connectivity index (χ4v) is 2.44. The molecule has 2 aromatic rings. The number of aromatic nitrogens is 1. The van der Waals surface area contributed by atoms with Gasteiger partial charge in [0.15, 0.2) is 17.9 Å². The van der Waals surface area contributed by atoms with Gasteiger partial charge in [-0.15, -0.1) is 0 Å². The summed E-state index contributed by atoms with van der Waals surface area (Å²) < 4.78 is 43.5. The molecular weight excluding hydrogens is 298 g/mol. The van der Waals surface area contributed by atoms with E-state index in [1.807, 2.05) is 0 Å². The topological polar surface area (TPSA) is 76.8 Å². The highest BCUT2D eigenvalue weighted by Gasteiger charge is 2.40. The second-order valence-corrected chi connectivity index (χ2v) is 5.65. The van der Waals surface area contributed by atoms with Crippen LogP contribution in [-0.4, -0.2) is 35.6 Å². The standard InChI is InChI=1S/C14H14F2N2O4/c15-9-7(13-20-3-4-21-13)5-8-11(10(9)16)22-18-12(8)17-6-14(19)1-2-14/h5,13,19H,1-4,6H2,(H,17,18). The summed E-state index contributed by atoms with van der Waals surface area (Å²) in [6.07, 6.45) is 0.468. The molecule has 0 unspecified atom stereocenters. The van der Waals surface area contributed by atoms with Gasteiger partial charge < -0.3 is 24.4 Å². The molecule has 22 heavy (non-hydrogen) atoms. The Kier molecular flexibility index (Phi) is 3.07. The summed E-state index contributed by atoms with van der Waals surface area (Å²) in [5.74, 6) is -1.94. The normalized spacial score (nSPS) is 20.7. The Labute approximate surface area is 124 Å². The van der Waals surface area contributed by atoms with Crippen molar-refractivity contribution in [1.82, 2.24) is 5.16 Å². The number of benzene rings is 1. The van der Waals surface area contributed by atoms with Gasteiger partial charge in [0.05, 0.1) is 24.2 Å². The van der Waals surface area contributed by atoms with E-state index in [0.717, 1.165) is 0 Å². The van der Waals surface area contributed by atoms with Crippen LogP contribution < -0.4 is 5.32 Å². The molecule has 1 aliphatic heterocycles. The van der Waals surface area contributed by atoms with Crippen LogP contribution >= 0.6 is 0 Å². The molecule has 2 fully saturated rings. The maximum Gasteiger partial charge on any atom is 0.207 e. The third-order valence-corrected chi connectivity index (χ3v) is 3.96. The van der Waals surface area contributed by atoms with Crippen molar-refractivity contribution in [3.63, 3.8) is 0 Å². The smallest absolute Gasteiger partial charge is 0.207 e. The Balaban J connectivity index is 1.72. The lowest BCUT2D eigenvalue weighted by molar-refractivity contribution is -0.0467. The number of aliphatic hydroxyl groups is 1. The number of anilines is 1. The summed E-state index contributed by atoms with van der Waals surface area (Å²) >= 11 is 0. The predicted octanol–water partition coefficient (Wildman–Crippen LogP) is 2.09. The van der Waals surface area contributed by atoms with Crippen LogP contribution in [0.25, 0.3) is 11.0 Å². The van der Waals surface area contributed by atoms with E-state index >= 15 is 0 Å². The highest BCUT2D eigenvalue weighted by molar-refractivity contribution is 5.89. The van der Waals surface area contributed by atoms with Crippen LogP contribution in [0, 0.1) is 11.6 Å². The first-order chi connectivity index (χ1) is 10.6. The zero-order valence-corrected chi connectivity index (χ0v) is 11.6. The van der Waals surface area contributed by atoms with E-state index in [0.29, 0.717) is 26.1 Å². The highest BCUT2D eigenvalue weighted by Crippen LogP contribution is 2.37. The summed E-state index contributed by atoms with van der Waals surface area (Å²) in [5.41, 5.74) is -1.05. The van der Waals surface area contributed by atoms with Gasteiger partial charge in [-0.3, -0.25) is 0 Å². The van der Waals surface area contributed by atoms with Crippen LogP contribution in [0.3, 0.4) is 0 Å². The molecular formula is C14H14F2N2O4. The zero-order valence-electron chi connectivity index (χ0n) is 11.6. The van der Waals surface area contributed by atoms with Gasteiger partial charge in [-0.05, 0) is 18.9 Å². The Morgan fingerprint density at radius 1 is 1.27 bits per heavy atom. The van der Waals surface area contributed by atoms with Gasteiger partial charge in [0.25, 0.3) is 0 Å². The van der Waals surface area contributed by atoms with Gasteiger partial charge in [-0.2, -0.15) is 4.39 Å². The van der Waals surface area contributed by atoms with Crippen LogP contribution in [0.2, 0.25) is 0 Å². The van der Waals surface area contributed by atoms with Crippen LogP contribution in [0.1, 0.15) is 24.7 Å². The van der Waals surface area contributed by atoms with Crippen molar-refractivity contribution in [2.75, 3.05) is 25.1 Å². The lowest BCUT2D eigenvalue weighted by Gasteiger charge is -2.11. The Morgan fingerprint density at radius 3 is 2.68 bits per heavy atom. The number of hydrogen-bond acceptors (Lipinski definition) is 6. The molecule has 118 valence electrons. The first-order valence-corrected chi connectivity index (χ1v) is 7.04. The van der Waals surface area contributed by atoms with Gasteiger partial charge in [-0.1, -0.05) is 5.16 Å². The monoisotopic (exact) mass is 312 g/mol. The summed E-state index contributed by atoms with van der Waals surface area (Å²) in [6.45, 7) is 0.927. The second kappa shape index (κ2) is 4.87. The molecule has 0 atom stereocenters. The van der Waals surface area contributed by atoms with Crippen molar-refractivity contribution < 1.29 is 27.9 Å². The van der Waals surface area contributed by atoms with Crippen molar-refractivity contribution in [2.45, 2.75) is 24.7 Å². The second-order valence-electron chi connectivity index (χ2n) is 5.65. The molecule has 0 spiro atoms. The summed E-state index contributed by atoms with van der Waals surface area (Å²) in [6, 6.07) is 1.40. The fraction of sp³-hybridized carbons (Fsp3) is 0.500. The molecule has 1 aliphatic carbocycles. The highest BCUT2D eigenvalue weighted by atomic mass is 19.2. The van der Waals surface area contributed by atoms with E-state index in [9.17, 15) is 13.9 Å². The number of rotatable bonds is 4. The summed E-state index contributed by atoms with van der Waals surface area (Å²) in [5, 5.41) is 16.7. The first kappa shape index (κ1) is 13.9. The molecule has 0 bridgehead atoms. The average Bonchev–Trinajstić information content (AvgIpc) is 2.96. The van der Waals surface area contributed by atoms with Crippen molar-refractivity contribution in [1.29, 1.82) is 0 Å². The van der Waals surface area contributed by atoms with Gasteiger partial charge >= 0.3 is 0 Å². The first-order valence-electron chi connectivity index (χ1n) is 7.04. The molecule has 0 radical (unpaired) electrons. The lowest BCUT2D eigenvalue weighted by atomic mass is 10.1. The SMILES string of the molecule is OC1(CNc2noc3c(F)c(F)c(C4OCCO4)cc23)CC1. The third-order valence-electron chi connectivity index (χ3n) is 3.96. The molecule has 0 amide bonds. The van der Waals surface area contributed by atoms with Gasteiger partial charge in [0.2, 0.25) is 11.4 Å². The van der Waals surface area contributed by atoms with Crippen molar-refractivity contribution in [3.05, 3.63) is 23.3 Å². The number of nitrogens with one attached hydrogen (secondary N) is 1. The number of ether oxygens (including phenoxy) is 2. The minimum absolute atomic E-state index is 0.0288. The summed E-state index contributed by atoms with van der Waals surface area (Å²) in [7, 11) is 0. The van der Waals surface area contributed by atoms with E-state index < -0.39 is 23.5 Å². The van der Waals surface area contributed by atoms with Crippen molar-refractivity contribution in [3.8, 4) is 0 Å². The van der Waals surface area contributed by atoms with E-state index in [2.05, 4.69) is 10.5 Å². The minimum atomic E-state index is -1.13. The van der Waals surface area contributed by atoms with E-state index in [1.54, 1.807) is 0 Å². The zero-order chi connectivity index (χ0) is 15.3. The van der Waals surface area contributed by atoms with E-state index in [1.165, 1.54) is 6.07 Å². The molecule has 6 nitrogen and oxygen atoms in total. The molecule has 2 N–H and O–H groups in total. The molecule has 2 heterocycles. The molecule has 8 heteroatoms. The lowest BCUT2D eigenvalue weighted by Crippen LogP contribution is -2.20. The molecule has 2 aliphatic rings. The van der Waals surface area contributed by atoms with Crippen LogP contribution in [0.5, 0.6) is 0 Å². The molecule has 1 aromatic carbocycles. The maximum absolute atomic E-state index is 14.1. The average molecular weight is 312 g/mol. The summed E-state index contributed by atoms with van der Waals surface area (Å²) in [4.78, 5) is 0. The predicted molar refractivity (Wildman–Crippen MR) is 71.2 cm³/mol. The van der Waals surface area contributed by atoms with Gasteiger partial charge in [0, 0.05) is 12.1 Å². The third kappa shape index (κ3) is 2.23. The fourth-order valence-electron chi connectivity index (χ4n) is 2.44. The van der Waals surface area contributed by atoms with Crippen molar-refractivity contribution in [2.24, 2.45) is 0 Å². The molecule has 1 saturated carbocycles. The number of hydrogen-bond donors (Lipinski definition) is 2. The van der Waals surface area contributed by atoms with E-state index in [4.69, 9.17) is 14.0 Å². The number of fused-ring (bicyclic) bond motifs is 1. The Hall–Kier alpha value is -1.77. The Bertz CT molecular complexity index is 723. The molecule has 1 aromatic heterocycles. The number of halogens is 2. The minimum Gasteiger partial charge on any atom is -0.388 e. The van der Waals surface area contributed by atoms with Crippen LogP contribution in [0.4, 0.5) is 14.6 Å². The largest absolute Gasteiger partial charge is 0.388 e. The van der Waals surface area contributed by atoms with Crippen LogP contribution in [-0.2, 0) is 9.47 Å².